The molecule has 0 radical (unpaired) electrons. The Labute approximate surface area is 197 Å². The van der Waals surface area contributed by atoms with Crippen molar-refractivity contribution >= 4 is 35.8 Å². The number of aryl methyl sites for hydroxylation is 1. The molecule has 1 fully saturated rings. The van der Waals surface area contributed by atoms with Crippen molar-refractivity contribution < 1.29 is 4.79 Å². The molecule has 0 saturated carbocycles. The fourth-order valence-corrected chi connectivity index (χ4v) is 3.67. The van der Waals surface area contributed by atoms with E-state index in [2.05, 4.69) is 79.6 Å². The average molecular weight is 520 g/mol. The molecule has 1 N–H and O–H groups in total. The summed E-state index contributed by atoms with van der Waals surface area (Å²) in [6.45, 7) is 8.06. The maximum atomic E-state index is 11.9. The quantitative estimate of drug-likeness (QED) is 0.336. The SMILES string of the molecule is CCNC(=NCc1cccc(CN2CCCC2=O)c1)N(C)Cc1ccccc1C.I. The zero-order chi connectivity index (χ0) is 20.6. The highest BCUT2D eigenvalue weighted by Gasteiger charge is 2.19. The lowest BCUT2D eigenvalue weighted by molar-refractivity contribution is -0.128. The Kier molecular flexibility index (Phi) is 9.62. The molecule has 162 valence electrons. The fraction of sp³-hybridized carbons (Fsp3) is 0.417. The minimum Gasteiger partial charge on any atom is -0.357 e. The van der Waals surface area contributed by atoms with Crippen LogP contribution in [0.5, 0.6) is 0 Å². The molecular weight excluding hydrogens is 487 g/mol. The van der Waals surface area contributed by atoms with Gasteiger partial charge in [-0.2, -0.15) is 0 Å². The van der Waals surface area contributed by atoms with E-state index in [9.17, 15) is 4.79 Å². The van der Waals surface area contributed by atoms with Crippen LogP contribution in [0.1, 0.15) is 42.0 Å². The summed E-state index contributed by atoms with van der Waals surface area (Å²) < 4.78 is 0. The van der Waals surface area contributed by atoms with Crippen LogP contribution in [0.15, 0.2) is 53.5 Å². The molecule has 0 spiro atoms. The smallest absolute Gasteiger partial charge is 0.222 e. The Hall–Kier alpha value is -2.09. The Morgan fingerprint density at radius 1 is 1.17 bits per heavy atom. The Morgan fingerprint density at radius 2 is 1.93 bits per heavy atom. The van der Waals surface area contributed by atoms with Gasteiger partial charge in [0.1, 0.15) is 0 Å². The summed E-state index contributed by atoms with van der Waals surface area (Å²) in [6.07, 6.45) is 1.66. The third kappa shape index (κ3) is 6.72. The maximum Gasteiger partial charge on any atom is 0.222 e. The van der Waals surface area contributed by atoms with Crippen molar-refractivity contribution in [1.29, 1.82) is 0 Å². The van der Waals surface area contributed by atoms with Gasteiger partial charge < -0.3 is 15.1 Å². The summed E-state index contributed by atoms with van der Waals surface area (Å²) in [4.78, 5) is 20.9. The number of likely N-dealkylation sites (tertiary alicyclic amines) is 1. The zero-order valence-electron chi connectivity index (χ0n) is 18.2. The highest BCUT2D eigenvalue weighted by molar-refractivity contribution is 14.0. The summed E-state index contributed by atoms with van der Waals surface area (Å²) in [5.74, 6) is 1.16. The molecule has 0 atom stereocenters. The Morgan fingerprint density at radius 3 is 2.63 bits per heavy atom. The van der Waals surface area contributed by atoms with Crippen molar-refractivity contribution in [2.75, 3.05) is 20.1 Å². The first-order valence-electron chi connectivity index (χ1n) is 10.5. The van der Waals surface area contributed by atoms with Crippen molar-refractivity contribution in [1.82, 2.24) is 15.1 Å². The first kappa shape index (κ1) is 24.2. The van der Waals surface area contributed by atoms with E-state index in [1.165, 1.54) is 16.7 Å². The van der Waals surface area contributed by atoms with Gasteiger partial charge in [-0.15, -0.1) is 24.0 Å². The second-order valence-electron chi connectivity index (χ2n) is 7.69. The van der Waals surface area contributed by atoms with Crippen molar-refractivity contribution in [3.63, 3.8) is 0 Å². The largest absolute Gasteiger partial charge is 0.357 e. The molecule has 2 aromatic rings. The van der Waals surface area contributed by atoms with Crippen molar-refractivity contribution in [2.45, 2.75) is 46.3 Å². The third-order valence-electron chi connectivity index (χ3n) is 5.31. The molecule has 5 nitrogen and oxygen atoms in total. The highest BCUT2D eigenvalue weighted by Crippen LogP contribution is 2.16. The fourth-order valence-electron chi connectivity index (χ4n) is 3.67. The van der Waals surface area contributed by atoms with E-state index in [4.69, 9.17) is 4.99 Å². The zero-order valence-corrected chi connectivity index (χ0v) is 20.6. The first-order chi connectivity index (χ1) is 14.1. The highest BCUT2D eigenvalue weighted by atomic mass is 127. The van der Waals surface area contributed by atoms with Gasteiger partial charge in [-0.1, -0.05) is 48.5 Å². The number of nitrogens with one attached hydrogen (secondary N) is 1. The number of carbonyl (C=O) groups excluding carboxylic acids is 1. The van der Waals surface area contributed by atoms with Crippen LogP contribution in [0.25, 0.3) is 0 Å². The van der Waals surface area contributed by atoms with E-state index in [1.807, 2.05) is 4.90 Å². The van der Waals surface area contributed by atoms with Crippen LogP contribution in [-0.2, 0) is 24.4 Å². The first-order valence-corrected chi connectivity index (χ1v) is 10.5. The third-order valence-corrected chi connectivity index (χ3v) is 5.31. The summed E-state index contributed by atoms with van der Waals surface area (Å²) in [7, 11) is 2.07. The monoisotopic (exact) mass is 520 g/mol. The van der Waals surface area contributed by atoms with E-state index in [0.717, 1.165) is 37.6 Å². The Balaban J connectivity index is 0.00000320. The topological polar surface area (TPSA) is 47.9 Å². The summed E-state index contributed by atoms with van der Waals surface area (Å²) in [5, 5.41) is 3.39. The van der Waals surface area contributed by atoms with Gasteiger partial charge in [0.25, 0.3) is 0 Å². The lowest BCUT2D eigenvalue weighted by Crippen LogP contribution is -2.38. The molecule has 6 heteroatoms. The van der Waals surface area contributed by atoms with E-state index >= 15 is 0 Å². The lowest BCUT2D eigenvalue weighted by Gasteiger charge is -2.23. The second kappa shape index (κ2) is 11.9. The molecule has 30 heavy (non-hydrogen) atoms. The van der Waals surface area contributed by atoms with Gasteiger partial charge in [-0.05, 0) is 42.5 Å². The number of aliphatic imine (C=N–C) groups is 1. The maximum absolute atomic E-state index is 11.9. The van der Waals surface area contributed by atoms with Crippen LogP contribution < -0.4 is 5.32 Å². The van der Waals surface area contributed by atoms with Gasteiger partial charge in [0.05, 0.1) is 6.54 Å². The van der Waals surface area contributed by atoms with Crippen molar-refractivity contribution in [2.24, 2.45) is 4.99 Å². The second-order valence-corrected chi connectivity index (χ2v) is 7.69. The minimum atomic E-state index is 0. The molecule has 0 unspecified atom stereocenters. The molecule has 1 aliphatic heterocycles. The van der Waals surface area contributed by atoms with Gasteiger partial charge >= 0.3 is 0 Å². The number of halogens is 1. The van der Waals surface area contributed by atoms with Gasteiger partial charge in [0.15, 0.2) is 5.96 Å². The predicted octanol–water partition coefficient (Wildman–Crippen LogP) is 4.33. The molecule has 3 rings (SSSR count). The van der Waals surface area contributed by atoms with E-state index in [-0.39, 0.29) is 29.9 Å². The lowest BCUT2D eigenvalue weighted by atomic mass is 10.1. The molecule has 2 aromatic carbocycles. The van der Waals surface area contributed by atoms with Crippen molar-refractivity contribution in [3.8, 4) is 0 Å². The summed E-state index contributed by atoms with van der Waals surface area (Å²) >= 11 is 0. The molecule has 0 bridgehead atoms. The number of hydrogen-bond donors (Lipinski definition) is 1. The normalized spacial score (nSPS) is 13.9. The van der Waals surface area contributed by atoms with E-state index < -0.39 is 0 Å². The Bertz CT molecular complexity index is 868. The number of benzene rings is 2. The van der Waals surface area contributed by atoms with Gasteiger partial charge in [-0.25, -0.2) is 4.99 Å². The summed E-state index contributed by atoms with van der Waals surface area (Å²) in [6, 6.07) is 16.9. The molecular formula is C24H33IN4O. The average Bonchev–Trinajstić information content (AvgIpc) is 3.11. The van der Waals surface area contributed by atoms with Gasteiger partial charge in [-0.3, -0.25) is 4.79 Å². The number of hydrogen-bond acceptors (Lipinski definition) is 2. The number of guanidine groups is 1. The molecule has 1 amide bonds. The predicted molar refractivity (Wildman–Crippen MR) is 134 cm³/mol. The number of amides is 1. The molecule has 0 aliphatic carbocycles. The molecule has 1 heterocycles. The van der Waals surface area contributed by atoms with Gasteiger partial charge in [0.2, 0.25) is 5.91 Å². The van der Waals surface area contributed by atoms with Crippen LogP contribution in [0, 0.1) is 6.92 Å². The van der Waals surface area contributed by atoms with Crippen LogP contribution in [0.4, 0.5) is 0 Å². The molecule has 1 saturated heterocycles. The van der Waals surface area contributed by atoms with E-state index in [1.54, 1.807) is 0 Å². The number of carbonyl (C=O) groups is 1. The summed E-state index contributed by atoms with van der Waals surface area (Å²) in [5.41, 5.74) is 4.93. The van der Waals surface area contributed by atoms with Crippen LogP contribution >= 0.6 is 24.0 Å². The standard InChI is InChI=1S/C24H32N4O.HI/c1-4-25-24(27(3)18-22-12-6-5-9-19(22)2)26-16-20-10-7-11-21(15-20)17-28-14-8-13-23(28)29;/h5-7,9-12,15H,4,8,13-14,16-18H2,1-3H3,(H,25,26);1H. The van der Waals surface area contributed by atoms with Gasteiger partial charge in [0, 0.05) is 39.6 Å². The minimum absolute atomic E-state index is 0. The van der Waals surface area contributed by atoms with Crippen LogP contribution in [0.2, 0.25) is 0 Å². The van der Waals surface area contributed by atoms with Crippen LogP contribution in [-0.4, -0.2) is 41.8 Å². The van der Waals surface area contributed by atoms with E-state index in [0.29, 0.717) is 19.5 Å². The van der Waals surface area contributed by atoms with Crippen LogP contribution in [0.3, 0.4) is 0 Å². The molecule has 0 aromatic heterocycles. The number of rotatable bonds is 7. The molecule has 1 aliphatic rings. The van der Waals surface area contributed by atoms with Crippen molar-refractivity contribution in [3.05, 3.63) is 70.8 Å². The number of nitrogens with zero attached hydrogens (tertiary/aromatic N) is 3.